The maximum Gasteiger partial charge on any atom is 0.262 e. The van der Waals surface area contributed by atoms with Gasteiger partial charge in [0.05, 0.1) is 26.0 Å². The lowest BCUT2D eigenvalue weighted by atomic mass is 9.97. The van der Waals surface area contributed by atoms with E-state index in [2.05, 4.69) is 26.6 Å². The van der Waals surface area contributed by atoms with Crippen molar-refractivity contribution in [3.8, 4) is 0 Å². The van der Waals surface area contributed by atoms with Crippen molar-refractivity contribution < 1.29 is 19.1 Å². The van der Waals surface area contributed by atoms with Crippen molar-refractivity contribution >= 4 is 68.0 Å². The summed E-state index contributed by atoms with van der Waals surface area (Å²) in [6.45, 7) is 1.10. The Morgan fingerprint density at radius 2 is 2.03 bits per heavy atom. The minimum Gasteiger partial charge on any atom is -0.378 e. The lowest BCUT2D eigenvalue weighted by molar-refractivity contribution is -0.122. The van der Waals surface area contributed by atoms with Crippen LogP contribution < -0.4 is 15.5 Å². The Kier molecular flexibility index (Phi) is 7.19. The number of halogens is 2. The van der Waals surface area contributed by atoms with Crippen LogP contribution in [-0.4, -0.2) is 43.0 Å². The predicted molar refractivity (Wildman–Crippen MR) is 129 cm³/mol. The summed E-state index contributed by atoms with van der Waals surface area (Å²) in [5.41, 5.74) is -0.0307. The Bertz CT molecular complexity index is 1040. The average Bonchev–Trinajstić information content (AvgIpc) is 3.36. The summed E-state index contributed by atoms with van der Waals surface area (Å²) in [6, 6.07) is 8.60. The highest BCUT2D eigenvalue weighted by atomic mass is 79.9. The van der Waals surface area contributed by atoms with Gasteiger partial charge in [-0.15, -0.1) is 11.3 Å². The molecule has 3 heterocycles. The van der Waals surface area contributed by atoms with Crippen LogP contribution in [0.2, 0.25) is 5.02 Å². The minimum atomic E-state index is -1.17. The summed E-state index contributed by atoms with van der Waals surface area (Å²) in [6.07, 6.45) is 3.72. The number of carbonyl (C=O) groups is 3. The van der Waals surface area contributed by atoms with E-state index in [0.717, 1.165) is 23.0 Å². The van der Waals surface area contributed by atoms with Crippen molar-refractivity contribution in [1.82, 2.24) is 5.32 Å². The number of thiophene rings is 1. The monoisotopic (exact) mass is 539 g/mol. The van der Waals surface area contributed by atoms with Crippen LogP contribution in [-0.2, 0) is 14.3 Å². The molecule has 170 valence electrons. The van der Waals surface area contributed by atoms with Crippen molar-refractivity contribution in [2.24, 2.45) is 0 Å². The number of nitrogens with one attached hydrogen (secondary N) is 2. The molecule has 0 unspecified atom stereocenters. The largest absolute Gasteiger partial charge is 0.378 e. The molecule has 2 saturated heterocycles. The van der Waals surface area contributed by atoms with Crippen LogP contribution in [0.25, 0.3) is 0 Å². The van der Waals surface area contributed by atoms with Gasteiger partial charge in [0.25, 0.3) is 11.8 Å². The molecule has 0 aliphatic carbocycles. The molecule has 10 heteroatoms. The molecule has 2 fully saturated rings. The summed E-state index contributed by atoms with van der Waals surface area (Å²) in [7, 11) is 0. The first kappa shape index (κ1) is 23.2. The summed E-state index contributed by atoms with van der Waals surface area (Å²) in [5.74, 6) is -0.630. The fourth-order valence-electron chi connectivity index (χ4n) is 3.91. The van der Waals surface area contributed by atoms with Crippen LogP contribution in [0.5, 0.6) is 0 Å². The number of nitrogens with zero attached hydrogens (tertiary/aromatic N) is 1. The predicted octanol–water partition coefficient (Wildman–Crippen LogP) is 4.60. The summed E-state index contributed by atoms with van der Waals surface area (Å²) in [4.78, 5) is 40.5. The molecule has 32 heavy (non-hydrogen) atoms. The number of amides is 3. The minimum absolute atomic E-state index is 0.0613. The zero-order valence-corrected chi connectivity index (χ0v) is 20.4. The molecule has 1 aromatic carbocycles. The lowest BCUT2D eigenvalue weighted by Gasteiger charge is -2.27. The second-order valence-electron chi connectivity index (χ2n) is 7.92. The Morgan fingerprint density at radius 1 is 1.19 bits per heavy atom. The third kappa shape index (κ3) is 5.01. The number of hydrogen-bond acceptors (Lipinski definition) is 5. The van der Waals surface area contributed by atoms with Gasteiger partial charge >= 0.3 is 0 Å². The topological polar surface area (TPSA) is 87.7 Å². The van der Waals surface area contributed by atoms with Gasteiger partial charge in [-0.3, -0.25) is 14.4 Å². The lowest BCUT2D eigenvalue weighted by Crippen LogP contribution is -2.57. The van der Waals surface area contributed by atoms with Gasteiger partial charge in [0.2, 0.25) is 5.91 Å². The average molecular weight is 541 g/mol. The van der Waals surface area contributed by atoms with Crippen LogP contribution in [0.15, 0.2) is 34.1 Å². The molecular formula is C22H23BrClN3O4S. The van der Waals surface area contributed by atoms with Crippen molar-refractivity contribution in [2.75, 3.05) is 30.0 Å². The molecule has 0 saturated carbocycles. The van der Waals surface area contributed by atoms with Gasteiger partial charge in [-0.2, -0.15) is 0 Å². The van der Waals surface area contributed by atoms with Gasteiger partial charge in [-0.1, -0.05) is 18.0 Å². The van der Waals surface area contributed by atoms with Crippen LogP contribution in [0.4, 0.5) is 11.4 Å². The third-order valence-electron chi connectivity index (χ3n) is 5.68. The second-order valence-corrected chi connectivity index (χ2v) is 10.8. The molecule has 1 atom stereocenters. The molecule has 7 nitrogen and oxygen atoms in total. The smallest absolute Gasteiger partial charge is 0.262 e. The van der Waals surface area contributed by atoms with Gasteiger partial charge in [-0.05, 0) is 59.1 Å². The van der Waals surface area contributed by atoms with E-state index in [1.165, 1.54) is 11.3 Å². The van der Waals surface area contributed by atoms with E-state index in [4.69, 9.17) is 16.3 Å². The van der Waals surface area contributed by atoms with E-state index >= 15 is 0 Å². The van der Waals surface area contributed by atoms with E-state index in [-0.39, 0.29) is 24.3 Å². The second kappa shape index (κ2) is 9.91. The van der Waals surface area contributed by atoms with Crippen LogP contribution >= 0.6 is 38.9 Å². The molecule has 0 spiro atoms. The Balaban J connectivity index is 1.49. The highest BCUT2D eigenvalue weighted by Gasteiger charge is 2.44. The summed E-state index contributed by atoms with van der Waals surface area (Å²) in [5, 5.41) is 6.11. The zero-order chi connectivity index (χ0) is 22.7. The molecular weight excluding hydrogens is 518 g/mol. The maximum atomic E-state index is 13.2. The number of anilines is 2. The fraction of sp³-hybridized carbons (Fsp3) is 0.409. The first-order valence-electron chi connectivity index (χ1n) is 10.4. The third-order valence-corrected chi connectivity index (χ3v) is 7.60. The molecule has 0 radical (unpaired) electrons. The number of benzene rings is 1. The number of ether oxygens (including phenoxy) is 1. The van der Waals surface area contributed by atoms with Crippen molar-refractivity contribution in [3.05, 3.63) is 44.0 Å². The summed E-state index contributed by atoms with van der Waals surface area (Å²) < 4.78 is 6.29. The van der Waals surface area contributed by atoms with Crippen LogP contribution in [0.3, 0.4) is 0 Å². The van der Waals surface area contributed by atoms with Crippen molar-refractivity contribution in [3.63, 3.8) is 0 Å². The first-order valence-corrected chi connectivity index (χ1v) is 12.4. The Morgan fingerprint density at radius 3 is 2.72 bits per heavy atom. The fourth-order valence-corrected chi connectivity index (χ4v) is 5.47. The van der Waals surface area contributed by atoms with Gasteiger partial charge < -0.3 is 20.3 Å². The van der Waals surface area contributed by atoms with E-state index < -0.39 is 5.54 Å². The molecule has 2 N–H and O–H groups in total. The highest BCUT2D eigenvalue weighted by Crippen LogP contribution is 2.32. The van der Waals surface area contributed by atoms with Crippen molar-refractivity contribution in [1.29, 1.82) is 0 Å². The van der Waals surface area contributed by atoms with E-state index in [1.54, 1.807) is 35.2 Å². The van der Waals surface area contributed by atoms with Gasteiger partial charge in [0, 0.05) is 31.7 Å². The quantitative estimate of drug-likeness (QED) is 0.580. The van der Waals surface area contributed by atoms with Crippen LogP contribution in [0.1, 0.15) is 41.8 Å². The van der Waals surface area contributed by atoms with E-state index in [9.17, 15) is 14.4 Å². The van der Waals surface area contributed by atoms with Crippen molar-refractivity contribution in [2.45, 2.75) is 37.6 Å². The SMILES string of the molecule is O=C(N[C@@]1(C(=O)Nc2ccc(N3CCCCCC3=O)c(Cl)c2)CCOC1)c1ccc(Br)s1. The molecule has 2 aromatic rings. The molecule has 0 bridgehead atoms. The van der Waals surface area contributed by atoms with Gasteiger partial charge in [0.15, 0.2) is 0 Å². The molecule has 3 amide bonds. The van der Waals surface area contributed by atoms with Crippen LogP contribution in [0, 0.1) is 0 Å². The molecule has 1 aromatic heterocycles. The van der Waals surface area contributed by atoms with Gasteiger partial charge in [-0.25, -0.2) is 0 Å². The molecule has 2 aliphatic rings. The van der Waals surface area contributed by atoms with E-state index in [1.807, 2.05) is 0 Å². The Labute approximate surface area is 203 Å². The number of rotatable bonds is 5. The Hall–Kier alpha value is -1.94. The molecule has 4 rings (SSSR count). The normalized spacial score (nSPS) is 21.3. The molecule has 2 aliphatic heterocycles. The van der Waals surface area contributed by atoms with Gasteiger partial charge in [0.1, 0.15) is 5.54 Å². The zero-order valence-electron chi connectivity index (χ0n) is 17.3. The maximum absolute atomic E-state index is 13.2. The highest BCUT2D eigenvalue weighted by molar-refractivity contribution is 9.11. The summed E-state index contributed by atoms with van der Waals surface area (Å²) >= 11 is 11.1. The first-order chi connectivity index (χ1) is 15.4. The van der Waals surface area contributed by atoms with E-state index in [0.29, 0.717) is 47.3 Å². The number of hydrogen-bond donors (Lipinski definition) is 2. The number of carbonyl (C=O) groups excluding carboxylic acids is 3. The standard InChI is InChI=1S/C22H23BrClN3O4S/c23-18-8-7-17(32-18)20(29)26-22(9-11-31-13-22)21(30)25-14-5-6-16(15(24)12-14)27-10-3-1-2-4-19(27)28/h5-8,12H,1-4,9-11,13H2,(H,25,30)(H,26,29)/t22-/m0/s1.